The monoisotopic (exact) mass is 459 g/mol. The molecule has 3 atom stereocenters. The van der Waals surface area contributed by atoms with Crippen molar-refractivity contribution in [2.24, 2.45) is 24.6 Å². The quantitative estimate of drug-likeness (QED) is 0.743. The summed E-state index contributed by atoms with van der Waals surface area (Å²) in [5.41, 5.74) is 8.83. The van der Waals surface area contributed by atoms with Gasteiger partial charge < -0.3 is 10.6 Å². The molecule has 2 N–H and O–H groups in total. The zero-order valence-corrected chi connectivity index (χ0v) is 19.4. The molecule has 0 aromatic carbocycles. The predicted octanol–water partition coefficient (Wildman–Crippen LogP) is 2.48. The van der Waals surface area contributed by atoms with E-state index in [1.54, 1.807) is 7.05 Å². The first kappa shape index (κ1) is 23.8. The number of amides is 1. The van der Waals surface area contributed by atoms with Crippen molar-refractivity contribution in [2.45, 2.75) is 39.7 Å². The van der Waals surface area contributed by atoms with Crippen LogP contribution in [0.3, 0.4) is 0 Å². The molecule has 2 aromatic rings. The molecule has 1 saturated carbocycles. The fourth-order valence-electron chi connectivity index (χ4n) is 4.42. The molecule has 0 radical (unpaired) electrons. The van der Waals surface area contributed by atoms with Crippen molar-refractivity contribution in [3.63, 3.8) is 0 Å². The molecule has 2 aliphatic rings. The number of carbonyl (C=O) groups is 1. The molecule has 7 nitrogen and oxygen atoms in total. The Bertz CT molecular complexity index is 990. The third-order valence-electron chi connectivity index (χ3n) is 6.13. The standard InChI is InChI=1S/C19H25N5O2S.2ClH/c1-9-10(2)22-23(4)18(25)15(9)17-21-11(3)16(27-17)19(26)24-7-12-5-6-14(20)13(12)8-24;;/h12-14H,5-8,20H2,1-4H3;2*1H. The summed E-state index contributed by atoms with van der Waals surface area (Å²) in [6.45, 7) is 7.09. The number of aromatic nitrogens is 3. The van der Waals surface area contributed by atoms with E-state index < -0.39 is 0 Å². The average molecular weight is 460 g/mol. The molecule has 3 heterocycles. The molecule has 1 amide bonds. The van der Waals surface area contributed by atoms with Crippen LogP contribution in [-0.4, -0.2) is 44.7 Å². The van der Waals surface area contributed by atoms with Gasteiger partial charge in [-0.2, -0.15) is 5.10 Å². The maximum absolute atomic E-state index is 13.1. The SMILES string of the molecule is Cc1nc(-c2c(C)c(C)nn(C)c2=O)sc1C(=O)N1CC2CCC(N)C2C1.Cl.Cl. The molecular weight excluding hydrogens is 433 g/mol. The van der Waals surface area contributed by atoms with Gasteiger partial charge in [0.05, 0.1) is 17.0 Å². The minimum atomic E-state index is -0.187. The maximum atomic E-state index is 13.1. The molecule has 2 fully saturated rings. The Labute approximate surface area is 186 Å². The van der Waals surface area contributed by atoms with Crippen molar-refractivity contribution in [2.75, 3.05) is 13.1 Å². The van der Waals surface area contributed by atoms with Crippen LogP contribution in [0.2, 0.25) is 0 Å². The highest BCUT2D eigenvalue weighted by atomic mass is 35.5. The van der Waals surface area contributed by atoms with E-state index in [1.807, 2.05) is 25.7 Å². The Morgan fingerprint density at radius 3 is 2.48 bits per heavy atom. The van der Waals surface area contributed by atoms with Crippen LogP contribution in [-0.2, 0) is 7.05 Å². The lowest BCUT2D eigenvalue weighted by molar-refractivity contribution is 0.0783. The van der Waals surface area contributed by atoms with Gasteiger partial charge in [0.15, 0.2) is 0 Å². The van der Waals surface area contributed by atoms with Crippen LogP contribution in [0.4, 0.5) is 0 Å². The number of hydrogen-bond donors (Lipinski definition) is 1. The van der Waals surface area contributed by atoms with E-state index in [9.17, 15) is 9.59 Å². The van der Waals surface area contributed by atoms with Gasteiger partial charge in [-0.15, -0.1) is 36.2 Å². The molecular formula is C19H27Cl2N5O2S. The van der Waals surface area contributed by atoms with Gasteiger partial charge in [0.2, 0.25) is 0 Å². The summed E-state index contributed by atoms with van der Waals surface area (Å²) in [5, 5.41) is 4.81. The number of thiazole rings is 1. The second-order valence-electron chi connectivity index (χ2n) is 7.82. The Morgan fingerprint density at radius 1 is 1.14 bits per heavy atom. The van der Waals surface area contributed by atoms with Gasteiger partial charge in [0.25, 0.3) is 11.5 Å². The average Bonchev–Trinajstić information content (AvgIpc) is 3.29. The summed E-state index contributed by atoms with van der Waals surface area (Å²) in [6.07, 6.45) is 2.17. The topological polar surface area (TPSA) is 94.1 Å². The lowest BCUT2D eigenvalue weighted by Gasteiger charge is -2.18. The minimum absolute atomic E-state index is 0. The zero-order valence-electron chi connectivity index (χ0n) is 17.0. The molecule has 1 aliphatic carbocycles. The summed E-state index contributed by atoms with van der Waals surface area (Å²) >= 11 is 1.31. The van der Waals surface area contributed by atoms with Gasteiger partial charge in [-0.05, 0) is 51.0 Å². The highest BCUT2D eigenvalue weighted by Gasteiger charge is 2.43. The molecule has 10 heteroatoms. The van der Waals surface area contributed by atoms with Crippen molar-refractivity contribution < 1.29 is 4.79 Å². The van der Waals surface area contributed by atoms with Crippen molar-refractivity contribution >= 4 is 42.1 Å². The third-order valence-corrected chi connectivity index (χ3v) is 7.29. The van der Waals surface area contributed by atoms with Crippen molar-refractivity contribution in [3.05, 3.63) is 32.2 Å². The molecule has 2 aromatic heterocycles. The summed E-state index contributed by atoms with van der Waals surface area (Å²) in [5.74, 6) is 0.950. The highest BCUT2D eigenvalue weighted by molar-refractivity contribution is 7.17. The predicted molar refractivity (Wildman–Crippen MR) is 119 cm³/mol. The first-order valence-corrected chi connectivity index (χ1v) is 10.2. The van der Waals surface area contributed by atoms with E-state index in [0.29, 0.717) is 33.0 Å². The fourth-order valence-corrected chi connectivity index (χ4v) is 5.55. The van der Waals surface area contributed by atoms with Crippen molar-refractivity contribution in [3.8, 4) is 10.6 Å². The van der Waals surface area contributed by atoms with Crippen molar-refractivity contribution in [1.29, 1.82) is 0 Å². The van der Waals surface area contributed by atoms with Crippen LogP contribution >= 0.6 is 36.2 Å². The number of hydrogen-bond acceptors (Lipinski definition) is 6. The minimum Gasteiger partial charge on any atom is -0.337 e. The van der Waals surface area contributed by atoms with E-state index in [-0.39, 0.29) is 42.3 Å². The van der Waals surface area contributed by atoms with Crippen LogP contribution in [0, 0.1) is 32.6 Å². The zero-order chi connectivity index (χ0) is 19.5. The molecule has 1 saturated heterocycles. The van der Waals surface area contributed by atoms with E-state index in [4.69, 9.17) is 5.73 Å². The number of likely N-dealkylation sites (tertiary alicyclic amines) is 1. The van der Waals surface area contributed by atoms with Crippen LogP contribution in [0.25, 0.3) is 10.6 Å². The van der Waals surface area contributed by atoms with Gasteiger partial charge in [-0.1, -0.05) is 0 Å². The number of fused-ring (bicyclic) bond motifs is 1. The molecule has 4 rings (SSSR count). The molecule has 1 aliphatic heterocycles. The lowest BCUT2D eigenvalue weighted by atomic mass is 9.98. The summed E-state index contributed by atoms with van der Waals surface area (Å²) in [6, 6.07) is 0.205. The van der Waals surface area contributed by atoms with E-state index >= 15 is 0 Å². The lowest BCUT2D eigenvalue weighted by Crippen LogP contribution is -2.33. The van der Waals surface area contributed by atoms with Gasteiger partial charge in [-0.25, -0.2) is 9.67 Å². The third kappa shape index (κ3) is 3.95. The smallest absolute Gasteiger partial charge is 0.277 e. The Morgan fingerprint density at radius 2 is 1.83 bits per heavy atom. The highest BCUT2D eigenvalue weighted by Crippen LogP contribution is 2.38. The number of carbonyl (C=O) groups excluding carboxylic acids is 1. The molecule has 0 spiro atoms. The molecule has 29 heavy (non-hydrogen) atoms. The second-order valence-corrected chi connectivity index (χ2v) is 8.82. The Hall–Kier alpha value is -1.48. The van der Waals surface area contributed by atoms with Crippen molar-refractivity contribution in [1.82, 2.24) is 19.7 Å². The van der Waals surface area contributed by atoms with Gasteiger partial charge in [0, 0.05) is 26.2 Å². The summed E-state index contributed by atoms with van der Waals surface area (Å²) < 4.78 is 1.33. The first-order valence-electron chi connectivity index (χ1n) is 9.35. The fraction of sp³-hybridized carbons (Fsp3) is 0.579. The first-order chi connectivity index (χ1) is 12.8. The Kier molecular flexibility index (Phi) is 7.15. The molecule has 3 unspecified atom stereocenters. The Balaban J connectivity index is 0.00000150. The van der Waals surface area contributed by atoms with Crippen LogP contribution in [0.5, 0.6) is 0 Å². The van der Waals surface area contributed by atoms with Gasteiger partial charge >= 0.3 is 0 Å². The number of rotatable bonds is 2. The van der Waals surface area contributed by atoms with Gasteiger partial charge in [-0.3, -0.25) is 9.59 Å². The van der Waals surface area contributed by atoms with Gasteiger partial charge in [0.1, 0.15) is 9.88 Å². The number of nitrogens with two attached hydrogens (primary N) is 1. The van der Waals surface area contributed by atoms with Crippen LogP contribution in [0.1, 0.15) is 39.5 Å². The van der Waals surface area contributed by atoms with Crippen LogP contribution < -0.4 is 11.3 Å². The second kappa shape index (κ2) is 8.71. The normalized spacial score (nSPS) is 22.8. The number of halogens is 2. The largest absolute Gasteiger partial charge is 0.337 e. The van der Waals surface area contributed by atoms with E-state index in [1.165, 1.54) is 16.0 Å². The summed E-state index contributed by atoms with van der Waals surface area (Å²) in [7, 11) is 1.64. The van der Waals surface area contributed by atoms with E-state index in [2.05, 4.69) is 10.1 Å². The van der Waals surface area contributed by atoms with E-state index in [0.717, 1.165) is 37.2 Å². The van der Waals surface area contributed by atoms with Crippen LogP contribution in [0.15, 0.2) is 4.79 Å². The summed E-state index contributed by atoms with van der Waals surface area (Å²) in [4.78, 5) is 32.8. The molecule has 160 valence electrons. The molecule has 0 bridgehead atoms. The number of nitrogens with zero attached hydrogens (tertiary/aromatic N) is 4. The number of aryl methyl sites for hydroxylation is 3. The maximum Gasteiger partial charge on any atom is 0.277 e.